The summed E-state index contributed by atoms with van der Waals surface area (Å²) >= 11 is 0. The lowest BCUT2D eigenvalue weighted by atomic mass is 10.1. The summed E-state index contributed by atoms with van der Waals surface area (Å²) in [4.78, 5) is 30.8. The summed E-state index contributed by atoms with van der Waals surface area (Å²) < 4.78 is 1.72. The quantitative estimate of drug-likeness (QED) is 0.742. The normalized spacial score (nSPS) is 11.7. The Balaban J connectivity index is 2.13. The third-order valence-corrected chi connectivity index (χ3v) is 3.29. The molecule has 0 radical (unpaired) electrons. The van der Waals surface area contributed by atoms with Gasteiger partial charge in [-0.25, -0.2) is 4.68 Å². The number of amides is 1. The molecule has 0 aromatic carbocycles. The van der Waals surface area contributed by atoms with E-state index in [0.29, 0.717) is 36.5 Å². The van der Waals surface area contributed by atoms with Crippen LogP contribution in [0.5, 0.6) is 0 Å². The van der Waals surface area contributed by atoms with Crippen LogP contribution in [0.3, 0.4) is 0 Å². The van der Waals surface area contributed by atoms with Gasteiger partial charge in [-0.1, -0.05) is 6.92 Å². The zero-order valence-corrected chi connectivity index (χ0v) is 14.1. The highest BCUT2D eigenvalue weighted by molar-refractivity contribution is 5.76. The Morgan fingerprint density at radius 2 is 2.09 bits per heavy atom. The highest BCUT2D eigenvalue weighted by Gasteiger charge is 2.19. The number of nitrogens with one attached hydrogen (secondary N) is 3. The van der Waals surface area contributed by atoms with Crippen molar-refractivity contribution >= 4 is 22.9 Å². The van der Waals surface area contributed by atoms with Gasteiger partial charge in [0.25, 0.3) is 5.56 Å². The number of aromatic nitrogens is 4. The van der Waals surface area contributed by atoms with Crippen LogP contribution < -0.4 is 16.2 Å². The van der Waals surface area contributed by atoms with Crippen LogP contribution in [0.1, 0.15) is 40.5 Å². The Hall–Kier alpha value is -2.38. The number of carbonyl (C=O) groups is 1. The van der Waals surface area contributed by atoms with Crippen LogP contribution in [0, 0.1) is 0 Å². The van der Waals surface area contributed by atoms with Crippen LogP contribution in [0.2, 0.25) is 0 Å². The van der Waals surface area contributed by atoms with Gasteiger partial charge in [-0.05, 0) is 27.2 Å². The fourth-order valence-electron chi connectivity index (χ4n) is 2.14. The van der Waals surface area contributed by atoms with E-state index in [-0.39, 0.29) is 17.0 Å². The number of aromatic amines is 1. The molecule has 0 aliphatic carbocycles. The average molecular weight is 320 g/mol. The van der Waals surface area contributed by atoms with Crippen molar-refractivity contribution < 1.29 is 4.79 Å². The van der Waals surface area contributed by atoms with E-state index < -0.39 is 0 Å². The highest BCUT2D eigenvalue weighted by Crippen LogP contribution is 2.18. The molecule has 0 spiro atoms. The van der Waals surface area contributed by atoms with Crippen LogP contribution in [0.4, 0.5) is 5.95 Å². The minimum atomic E-state index is -0.278. The molecule has 0 saturated heterocycles. The number of fused-ring (bicyclic) bond motifs is 1. The van der Waals surface area contributed by atoms with Gasteiger partial charge in [0.15, 0.2) is 5.65 Å². The van der Waals surface area contributed by atoms with E-state index in [1.165, 1.54) is 6.20 Å². The predicted molar refractivity (Wildman–Crippen MR) is 89.6 cm³/mol. The summed E-state index contributed by atoms with van der Waals surface area (Å²) in [6, 6.07) is 0. The van der Waals surface area contributed by atoms with Crippen LogP contribution in [-0.4, -0.2) is 38.7 Å². The first-order valence-corrected chi connectivity index (χ1v) is 7.82. The molecular formula is C15H24N6O2. The van der Waals surface area contributed by atoms with E-state index in [1.54, 1.807) is 4.68 Å². The molecule has 2 aromatic rings. The zero-order valence-electron chi connectivity index (χ0n) is 14.1. The van der Waals surface area contributed by atoms with Crippen LogP contribution in [0.15, 0.2) is 11.0 Å². The van der Waals surface area contributed by atoms with Crippen molar-refractivity contribution in [3.8, 4) is 0 Å². The second kappa shape index (κ2) is 6.80. The molecular weight excluding hydrogens is 296 g/mol. The second-order valence-corrected chi connectivity index (χ2v) is 6.41. The lowest BCUT2D eigenvalue weighted by Gasteiger charge is -2.19. The first kappa shape index (κ1) is 17.0. The van der Waals surface area contributed by atoms with E-state index in [1.807, 2.05) is 27.7 Å². The summed E-state index contributed by atoms with van der Waals surface area (Å²) in [6.45, 7) is 9.05. The van der Waals surface area contributed by atoms with Crippen molar-refractivity contribution in [1.82, 2.24) is 25.1 Å². The molecule has 2 rings (SSSR count). The Morgan fingerprint density at radius 3 is 2.74 bits per heavy atom. The van der Waals surface area contributed by atoms with Crippen molar-refractivity contribution in [2.45, 2.75) is 46.1 Å². The first-order valence-electron chi connectivity index (χ1n) is 7.82. The van der Waals surface area contributed by atoms with Gasteiger partial charge in [0.1, 0.15) is 5.39 Å². The molecule has 0 fully saturated rings. The smallest absolute Gasteiger partial charge is 0.263 e. The minimum Gasteiger partial charge on any atom is -0.356 e. The van der Waals surface area contributed by atoms with E-state index in [2.05, 4.69) is 25.7 Å². The van der Waals surface area contributed by atoms with E-state index in [4.69, 9.17) is 0 Å². The van der Waals surface area contributed by atoms with E-state index in [9.17, 15) is 9.59 Å². The summed E-state index contributed by atoms with van der Waals surface area (Å²) in [5, 5.41) is 10.5. The Labute approximate surface area is 134 Å². The number of hydrogen-bond donors (Lipinski definition) is 3. The molecule has 1 amide bonds. The molecule has 0 aliphatic heterocycles. The van der Waals surface area contributed by atoms with E-state index in [0.717, 1.165) is 6.42 Å². The fourth-order valence-corrected chi connectivity index (χ4v) is 2.14. The van der Waals surface area contributed by atoms with Gasteiger partial charge in [0, 0.05) is 19.5 Å². The third-order valence-electron chi connectivity index (χ3n) is 3.29. The zero-order chi connectivity index (χ0) is 17.0. The van der Waals surface area contributed by atoms with Gasteiger partial charge in [-0.2, -0.15) is 10.1 Å². The molecule has 0 saturated carbocycles. The van der Waals surface area contributed by atoms with E-state index >= 15 is 0 Å². The molecule has 3 N–H and O–H groups in total. The highest BCUT2D eigenvalue weighted by atomic mass is 16.1. The SMILES string of the molecule is CCCNC(=O)CCNc1nc2c(cnn2C(C)(C)C)c(=O)[nH]1. The van der Waals surface area contributed by atoms with Gasteiger partial charge in [-0.15, -0.1) is 0 Å². The monoisotopic (exact) mass is 320 g/mol. The maximum atomic E-state index is 12.1. The maximum Gasteiger partial charge on any atom is 0.263 e. The van der Waals surface area contributed by atoms with Gasteiger partial charge in [-0.3, -0.25) is 14.6 Å². The average Bonchev–Trinajstić information content (AvgIpc) is 2.89. The molecule has 23 heavy (non-hydrogen) atoms. The predicted octanol–water partition coefficient (Wildman–Crippen LogP) is 1.20. The van der Waals surface area contributed by atoms with Crippen LogP contribution in [-0.2, 0) is 10.3 Å². The topological polar surface area (TPSA) is 105 Å². The fraction of sp³-hybridized carbons (Fsp3) is 0.600. The molecule has 0 aliphatic rings. The second-order valence-electron chi connectivity index (χ2n) is 6.41. The summed E-state index contributed by atoms with van der Waals surface area (Å²) in [5.74, 6) is 0.319. The standard InChI is InChI=1S/C15H24N6O2/c1-5-7-16-11(22)6-8-17-14-19-12-10(13(23)20-14)9-18-21(12)15(2,3)4/h9H,5-8H2,1-4H3,(H,16,22)(H2,17,19,20,23). The molecule has 0 bridgehead atoms. The van der Waals surface area contributed by atoms with Crippen LogP contribution in [0.25, 0.3) is 11.0 Å². The van der Waals surface area contributed by atoms with Crippen molar-refractivity contribution in [2.75, 3.05) is 18.4 Å². The van der Waals surface area contributed by atoms with Gasteiger partial charge < -0.3 is 10.6 Å². The maximum absolute atomic E-state index is 12.1. The van der Waals surface area contributed by atoms with Gasteiger partial charge in [0.2, 0.25) is 11.9 Å². The summed E-state index contributed by atoms with van der Waals surface area (Å²) in [6.07, 6.45) is 2.75. The Kier molecular flexibility index (Phi) is 5.02. The largest absolute Gasteiger partial charge is 0.356 e. The number of anilines is 1. The first-order chi connectivity index (χ1) is 10.8. The molecule has 2 aromatic heterocycles. The summed E-state index contributed by atoms with van der Waals surface area (Å²) in [7, 11) is 0. The molecule has 8 nitrogen and oxygen atoms in total. The number of nitrogens with zero attached hydrogens (tertiary/aromatic N) is 3. The molecule has 126 valence electrons. The molecule has 0 unspecified atom stereocenters. The number of rotatable bonds is 6. The van der Waals surface area contributed by atoms with Crippen molar-refractivity contribution in [3.63, 3.8) is 0 Å². The van der Waals surface area contributed by atoms with Gasteiger partial charge >= 0.3 is 0 Å². The third kappa shape index (κ3) is 4.08. The van der Waals surface area contributed by atoms with Crippen molar-refractivity contribution in [3.05, 3.63) is 16.6 Å². The Bertz CT molecular complexity index is 740. The van der Waals surface area contributed by atoms with Crippen molar-refractivity contribution in [1.29, 1.82) is 0 Å². The lowest BCUT2D eigenvalue weighted by Crippen LogP contribution is -2.27. The lowest BCUT2D eigenvalue weighted by molar-refractivity contribution is -0.120. The Morgan fingerprint density at radius 1 is 1.35 bits per heavy atom. The summed E-state index contributed by atoms with van der Waals surface area (Å²) in [5.41, 5.74) is 0.00228. The van der Waals surface area contributed by atoms with Crippen LogP contribution >= 0.6 is 0 Å². The molecule has 0 atom stereocenters. The molecule has 8 heteroatoms. The van der Waals surface area contributed by atoms with Crippen molar-refractivity contribution in [2.24, 2.45) is 0 Å². The number of carbonyl (C=O) groups excluding carboxylic acids is 1. The number of H-pyrrole nitrogens is 1. The van der Waals surface area contributed by atoms with Gasteiger partial charge in [0.05, 0.1) is 11.7 Å². The molecule has 2 heterocycles. The minimum absolute atomic E-state index is 0.0255. The number of hydrogen-bond acceptors (Lipinski definition) is 5.